The number of furan rings is 1. The molecule has 2 aromatic rings. The van der Waals surface area contributed by atoms with Crippen molar-refractivity contribution in [2.45, 2.75) is 6.42 Å². The normalized spacial score (nSPS) is 20.4. The van der Waals surface area contributed by atoms with E-state index in [1.165, 1.54) is 11.8 Å². The third kappa shape index (κ3) is 1.78. The van der Waals surface area contributed by atoms with Gasteiger partial charge in [0.05, 0.1) is 5.69 Å². The zero-order valence-corrected chi connectivity index (χ0v) is 9.20. The third-order valence-electron chi connectivity index (χ3n) is 3.22. The molecule has 1 saturated heterocycles. The van der Waals surface area contributed by atoms with E-state index in [0.717, 1.165) is 36.8 Å². The van der Waals surface area contributed by atoms with Crippen LogP contribution in [0.5, 0.6) is 0 Å². The highest BCUT2D eigenvalue weighted by Crippen LogP contribution is 2.25. The van der Waals surface area contributed by atoms with Crippen molar-refractivity contribution < 1.29 is 4.42 Å². The number of benzene rings is 1. The molecule has 84 valence electrons. The fourth-order valence-corrected chi connectivity index (χ4v) is 2.26. The zero-order chi connectivity index (χ0) is 10.8. The summed E-state index contributed by atoms with van der Waals surface area (Å²) in [6.45, 7) is 3.30. The van der Waals surface area contributed by atoms with Crippen molar-refractivity contribution in [3.8, 4) is 0 Å². The van der Waals surface area contributed by atoms with Gasteiger partial charge in [-0.15, -0.1) is 0 Å². The van der Waals surface area contributed by atoms with Crippen molar-refractivity contribution in [3.63, 3.8) is 0 Å². The van der Waals surface area contributed by atoms with Crippen molar-refractivity contribution in [2.24, 2.45) is 5.92 Å². The lowest BCUT2D eigenvalue weighted by molar-refractivity contribution is 0.605. The first-order valence-electron chi connectivity index (χ1n) is 5.84. The van der Waals surface area contributed by atoms with Crippen LogP contribution in [0.3, 0.4) is 0 Å². The molecule has 2 heterocycles. The minimum absolute atomic E-state index is 0.744. The van der Waals surface area contributed by atoms with Gasteiger partial charge in [-0.3, -0.25) is 0 Å². The van der Waals surface area contributed by atoms with Crippen LogP contribution in [0.4, 0.5) is 5.69 Å². The van der Waals surface area contributed by atoms with Gasteiger partial charge in [-0.25, -0.2) is 0 Å². The second-order valence-corrected chi connectivity index (χ2v) is 4.39. The molecule has 3 heteroatoms. The van der Waals surface area contributed by atoms with Gasteiger partial charge >= 0.3 is 0 Å². The molecule has 1 aliphatic heterocycles. The van der Waals surface area contributed by atoms with Gasteiger partial charge in [-0.2, -0.15) is 0 Å². The van der Waals surface area contributed by atoms with E-state index in [1.807, 2.05) is 24.5 Å². The molecule has 0 spiro atoms. The van der Waals surface area contributed by atoms with Crippen molar-refractivity contribution in [2.75, 3.05) is 25.0 Å². The van der Waals surface area contributed by atoms with Gasteiger partial charge in [-0.1, -0.05) is 12.1 Å². The number of hydrogen-bond donors (Lipinski definition) is 2. The lowest BCUT2D eigenvalue weighted by Crippen LogP contribution is -2.16. The molecule has 1 aliphatic rings. The molecule has 2 N–H and O–H groups in total. The van der Waals surface area contributed by atoms with E-state index in [0.29, 0.717) is 0 Å². The fourth-order valence-electron chi connectivity index (χ4n) is 2.26. The van der Waals surface area contributed by atoms with Crippen molar-refractivity contribution in [1.29, 1.82) is 0 Å². The van der Waals surface area contributed by atoms with Crippen LogP contribution in [0.1, 0.15) is 6.42 Å². The minimum Gasteiger partial charge on any atom is -0.462 e. The molecule has 1 unspecified atom stereocenters. The number of rotatable bonds is 3. The maximum absolute atomic E-state index is 5.49. The van der Waals surface area contributed by atoms with Crippen LogP contribution in [-0.2, 0) is 0 Å². The Morgan fingerprint density at radius 1 is 1.38 bits per heavy atom. The Kier molecular flexibility index (Phi) is 2.54. The smallest absolute Gasteiger partial charge is 0.136 e. The molecule has 16 heavy (non-hydrogen) atoms. The first-order valence-corrected chi connectivity index (χ1v) is 5.84. The molecule has 1 aromatic carbocycles. The Bertz CT molecular complexity index is 471. The standard InChI is InChI=1S/C13H16N2O/c1-2-4-13-11(3-1)12(9-16-13)15-8-10-5-6-14-7-10/h1-4,9-10,14-15H,5-8H2. The maximum atomic E-state index is 5.49. The number of hydrogen-bond acceptors (Lipinski definition) is 3. The van der Waals surface area contributed by atoms with Gasteiger partial charge in [0, 0.05) is 11.9 Å². The molecule has 0 bridgehead atoms. The van der Waals surface area contributed by atoms with Crippen molar-refractivity contribution in [1.82, 2.24) is 5.32 Å². The van der Waals surface area contributed by atoms with E-state index in [1.54, 1.807) is 0 Å². The van der Waals surface area contributed by atoms with Gasteiger partial charge in [0.25, 0.3) is 0 Å². The van der Waals surface area contributed by atoms with Gasteiger partial charge in [-0.05, 0) is 37.6 Å². The van der Waals surface area contributed by atoms with Crippen LogP contribution >= 0.6 is 0 Å². The second kappa shape index (κ2) is 4.18. The number of anilines is 1. The molecule has 0 radical (unpaired) electrons. The van der Waals surface area contributed by atoms with Crippen molar-refractivity contribution >= 4 is 16.7 Å². The third-order valence-corrected chi connectivity index (χ3v) is 3.22. The highest BCUT2D eigenvalue weighted by atomic mass is 16.3. The van der Waals surface area contributed by atoms with E-state index in [2.05, 4.69) is 16.7 Å². The zero-order valence-electron chi connectivity index (χ0n) is 9.20. The molecule has 1 aromatic heterocycles. The summed E-state index contributed by atoms with van der Waals surface area (Å²) in [6, 6.07) is 8.13. The summed E-state index contributed by atoms with van der Waals surface area (Å²) in [5, 5.41) is 8.03. The summed E-state index contributed by atoms with van der Waals surface area (Å²) < 4.78 is 5.49. The van der Waals surface area contributed by atoms with Gasteiger partial charge in [0.1, 0.15) is 11.8 Å². The lowest BCUT2D eigenvalue weighted by Gasteiger charge is -2.09. The predicted molar refractivity (Wildman–Crippen MR) is 65.7 cm³/mol. The first-order chi connectivity index (χ1) is 7.93. The Morgan fingerprint density at radius 3 is 3.19 bits per heavy atom. The average Bonchev–Trinajstić information content (AvgIpc) is 2.96. The summed E-state index contributed by atoms with van der Waals surface area (Å²) in [6.07, 6.45) is 3.08. The highest BCUT2D eigenvalue weighted by molar-refractivity contribution is 5.90. The maximum Gasteiger partial charge on any atom is 0.136 e. The molecule has 0 aliphatic carbocycles. The van der Waals surface area contributed by atoms with Crippen LogP contribution in [0.25, 0.3) is 11.0 Å². The van der Waals surface area contributed by atoms with Crippen LogP contribution < -0.4 is 10.6 Å². The Balaban J connectivity index is 1.73. The Labute approximate surface area is 94.8 Å². The van der Waals surface area contributed by atoms with Crippen molar-refractivity contribution in [3.05, 3.63) is 30.5 Å². The number of para-hydroxylation sites is 1. The summed E-state index contributed by atoms with van der Waals surface area (Å²) in [5.74, 6) is 0.744. The molecule has 1 atom stereocenters. The van der Waals surface area contributed by atoms with E-state index in [9.17, 15) is 0 Å². The summed E-state index contributed by atoms with van der Waals surface area (Å²) >= 11 is 0. The summed E-state index contributed by atoms with van der Waals surface area (Å²) in [5.41, 5.74) is 2.07. The molecular formula is C13H16N2O. The van der Waals surface area contributed by atoms with Gasteiger partial charge in [0.15, 0.2) is 0 Å². The molecule has 3 rings (SSSR count). The molecule has 0 amide bonds. The van der Waals surface area contributed by atoms with Crippen LogP contribution in [-0.4, -0.2) is 19.6 Å². The summed E-state index contributed by atoms with van der Waals surface area (Å²) in [7, 11) is 0. The molecule has 0 saturated carbocycles. The lowest BCUT2D eigenvalue weighted by atomic mass is 10.1. The van der Waals surface area contributed by atoms with E-state index in [4.69, 9.17) is 4.42 Å². The molecule has 1 fully saturated rings. The largest absolute Gasteiger partial charge is 0.462 e. The average molecular weight is 216 g/mol. The fraction of sp³-hybridized carbons (Fsp3) is 0.385. The first kappa shape index (κ1) is 9.73. The Morgan fingerprint density at radius 2 is 2.31 bits per heavy atom. The van der Waals surface area contributed by atoms with E-state index >= 15 is 0 Å². The monoisotopic (exact) mass is 216 g/mol. The predicted octanol–water partition coefficient (Wildman–Crippen LogP) is 2.45. The van der Waals surface area contributed by atoms with Crippen LogP contribution in [0, 0.1) is 5.92 Å². The SMILES string of the molecule is c1ccc2c(NCC3CCNC3)coc2c1. The van der Waals surface area contributed by atoms with Gasteiger partial charge in [0.2, 0.25) is 0 Å². The number of nitrogens with one attached hydrogen (secondary N) is 2. The summed E-state index contributed by atoms with van der Waals surface area (Å²) in [4.78, 5) is 0. The highest BCUT2D eigenvalue weighted by Gasteiger charge is 2.14. The van der Waals surface area contributed by atoms with Crippen LogP contribution in [0.15, 0.2) is 34.9 Å². The van der Waals surface area contributed by atoms with E-state index in [-0.39, 0.29) is 0 Å². The second-order valence-electron chi connectivity index (χ2n) is 4.39. The number of fused-ring (bicyclic) bond motifs is 1. The van der Waals surface area contributed by atoms with Gasteiger partial charge < -0.3 is 15.1 Å². The van der Waals surface area contributed by atoms with Crippen LogP contribution in [0.2, 0.25) is 0 Å². The Hall–Kier alpha value is -1.48. The molecular weight excluding hydrogens is 200 g/mol. The topological polar surface area (TPSA) is 37.2 Å². The minimum atomic E-state index is 0.744. The molecule has 3 nitrogen and oxygen atoms in total. The quantitative estimate of drug-likeness (QED) is 0.827. The van der Waals surface area contributed by atoms with E-state index < -0.39 is 0 Å².